The molecular weight excluding hydrogens is 313 g/mol. The topological polar surface area (TPSA) is 45.7 Å². The lowest BCUT2D eigenvalue weighted by molar-refractivity contribution is 0.203. The molecule has 0 atom stereocenters. The summed E-state index contributed by atoms with van der Waals surface area (Å²) in [5, 5.41) is 6.22. The smallest absolute Gasteiger partial charge is 0.191 e. The Kier molecular flexibility index (Phi) is 7.43. The van der Waals surface area contributed by atoms with Crippen molar-refractivity contribution in [2.45, 2.75) is 6.42 Å². The lowest BCUT2D eigenvalue weighted by Crippen LogP contribution is -2.39. The largest absolute Gasteiger partial charge is 0.383 e. The second kappa shape index (κ2) is 8.87. The van der Waals surface area contributed by atoms with Crippen LogP contribution in [0.4, 0.5) is 4.39 Å². The van der Waals surface area contributed by atoms with Gasteiger partial charge in [-0.15, -0.1) is 0 Å². The Morgan fingerprint density at radius 3 is 2.79 bits per heavy atom. The first kappa shape index (κ1) is 15.9. The number of hydrogen-bond donors (Lipinski definition) is 2. The Hall–Kier alpha value is -1.14. The molecule has 0 heterocycles. The Morgan fingerprint density at radius 1 is 1.37 bits per heavy atom. The van der Waals surface area contributed by atoms with Crippen LogP contribution < -0.4 is 10.6 Å². The van der Waals surface area contributed by atoms with Crippen LogP contribution in [0.2, 0.25) is 0 Å². The fraction of sp³-hybridized carbons (Fsp3) is 0.462. The zero-order valence-electron chi connectivity index (χ0n) is 11.2. The summed E-state index contributed by atoms with van der Waals surface area (Å²) in [6.45, 7) is 1.91. The van der Waals surface area contributed by atoms with Gasteiger partial charge in [-0.2, -0.15) is 0 Å². The molecule has 0 saturated carbocycles. The summed E-state index contributed by atoms with van der Waals surface area (Å²) < 4.78 is 19.3. The zero-order valence-corrected chi connectivity index (χ0v) is 12.8. The predicted octanol–water partition coefficient (Wildman–Crippen LogP) is 1.94. The number of nitrogens with one attached hydrogen (secondary N) is 2. The molecule has 4 nitrogen and oxygen atoms in total. The van der Waals surface area contributed by atoms with E-state index in [0.29, 0.717) is 37.6 Å². The normalized spacial score (nSPS) is 11.5. The first-order chi connectivity index (χ1) is 9.17. The number of nitrogens with zero attached hydrogens (tertiary/aromatic N) is 1. The highest BCUT2D eigenvalue weighted by molar-refractivity contribution is 9.10. The molecule has 2 N–H and O–H groups in total. The minimum atomic E-state index is -0.188. The molecule has 0 aliphatic carbocycles. The third-order valence-corrected chi connectivity index (χ3v) is 3.01. The van der Waals surface area contributed by atoms with Crippen molar-refractivity contribution in [1.29, 1.82) is 0 Å². The fourth-order valence-corrected chi connectivity index (χ4v) is 1.95. The van der Waals surface area contributed by atoms with Crippen molar-refractivity contribution in [1.82, 2.24) is 10.6 Å². The highest BCUT2D eigenvalue weighted by Gasteiger charge is 2.03. The molecule has 0 aromatic heterocycles. The van der Waals surface area contributed by atoms with Gasteiger partial charge < -0.3 is 15.4 Å². The molecule has 0 spiro atoms. The minimum absolute atomic E-state index is 0.188. The molecule has 0 bridgehead atoms. The number of guanidine groups is 1. The Bertz CT molecular complexity index is 426. The van der Waals surface area contributed by atoms with Gasteiger partial charge >= 0.3 is 0 Å². The predicted molar refractivity (Wildman–Crippen MR) is 79.0 cm³/mol. The molecule has 0 unspecified atom stereocenters. The average Bonchev–Trinajstić information content (AvgIpc) is 2.41. The molecule has 1 aromatic carbocycles. The first-order valence-electron chi connectivity index (χ1n) is 6.04. The van der Waals surface area contributed by atoms with Gasteiger partial charge in [0.1, 0.15) is 5.82 Å². The lowest BCUT2D eigenvalue weighted by Gasteiger charge is -2.11. The summed E-state index contributed by atoms with van der Waals surface area (Å²) in [7, 11) is 3.34. The first-order valence-corrected chi connectivity index (χ1v) is 6.84. The van der Waals surface area contributed by atoms with Crippen LogP contribution in [0.5, 0.6) is 0 Å². The van der Waals surface area contributed by atoms with Crippen LogP contribution in [0.3, 0.4) is 0 Å². The maximum Gasteiger partial charge on any atom is 0.191 e. The molecule has 106 valence electrons. The number of methoxy groups -OCH3 is 1. The van der Waals surface area contributed by atoms with Crippen molar-refractivity contribution in [3.8, 4) is 0 Å². The molecule has 0 aliphatic rings. The third-order valence-electron chi connectivity index (χ3n) is 2.52. The molecule has 0 fully saturated rings. The highest BCUT2D eigenvalue weighted by atomic mass is 79.9. The number of halogens is 2. The van der Waals surface area contributed by atoms with E-state index in [-0.39, 0.29) is 5.82 Å². The number of benzene rings is 1. The molecule has 19 heavy (non-hydrogen) atoms. The van der Waals surface area contributed by atoms with E-state index in [1.54, 1.807) is 26.3 Å². The summed E-state index contributed by atoms with van der Waals surface area (Å²) in [5.41, 5.74) is 0.675. The maximum absolute atomic E-state index is 13.5. The number of ether oxygens (including phenoxy) is 1. The monoisotopic (exact) mass is 331 g/mol. The van der Waals surface area contributed by atoms with E-state index in [9.17, 15) is 4.39 Å². The third kappa shape index (κ3) is 6.02. The summed E-state index contributed by atoms with van der Waals surface area (Å²) >= 11 is 3.34. The number of aliphatic imine (C=N–C) groups is 1. The van der Waals surface area contributed by atoms with Gasteiger partial charge in [0, 0.05) is 31.7 Å². The van der Waals surface area contributed by atoms with Crippen molar-refractivity contribution in [3.63, 3.8) is 0 Å². The van der Waals surface area contributed by atoms with Gasteiger partial charge in [0.05, 0.1) is 6.61 Å². The quantitative estimate of drug-likeness (QED) is 0.475. The number of hydrogen-bond acceptors (Lipinski definition) is 2. The Balaban J connectivity index is 2.38. The summed E-state index contributed by atoms with van der Waals surface area (Å²) in [6.07, 6.45) is 0.594. The van der Waals surface area contributed by atoms with E-state index in [4.69, 9.17) is 4.74 Å². The minimum Gasteiger partial charge on any atom is -0.383 e. The second-order valence-electron chi connectivity index (χ2n) is 3.90. The van der Waals surface area contributed by atoms with Crippen molar-refractivity contribution in [2.24, 2.45) is 4.99 Å². The average molecular weight is 332 g/mol. The lowest BCUT2D eigenvalue weighted by atomic mass is 10.1. The summed E-state index contributed by atoms with van der Waals surface area (Å²) in [4.78, 5) is 4.07. The van der Waals surface area contributed by atoms with Crippen molar-refractivity contribution in [2.75, 3.05) is 33.9 Å². The van der Waals surface area contributed by atoms with Gasteiger partial charge in [-0.05, 0) is 30.2 Å². The molecule has 0 radical (unpaired) electrons. The molecule has 1 rings (SSSR count). The zero-order chi connectivity index (χ0) is 14.1. The van der Waals surface area contributed by atoms with Crippen molar-refractivity contribution >= 4 is 21.9 Å². The maximum atomic E-state index is 13.5. The molecular formula is C13H19BrFN3O. The van der Waals surface area contributed by atoms with Crippen LogP contribution >= 0.6 is 15.9 Å². The van der Waals surface area contributed by atoms with E-state index in [1.807, 2.05) is 0 Å². The summed E-state index contributed by atoms with van der Waals surface area (Å²) in [5.74, 6) is 0.500. The van der Waals surface area contributed by atoms with Crippen LogP contribution in [-0.2, 0) is 11.2 Å². The van der Waals surface area contributed by atoms with Gasteiger partial charge in [0.2, 0.25) is 0 Å². The molecule has 1 aromatic rings. The molecule has 0 saturated heterocycles. The van der Waals surface area contributed by atoms with Crippen LogP contribution in [0, 0.1) is 5.82 Å². The van der Waals surface area contributed by atoms with Gasteiger partial charge in [0.25, 0.3) is 0 Å². The van der Waals surface area contributed by atoms with Crippen molar-refractivity contribution in [3.05, 3.63) is 34.1 Å². The molecule has 6 heteroatoms. The van der Waals surface area contributed by atoms with Crippen LogP contribution in [-0.4, -0.2) is 39.8 Å². The van der Waals surface area contributed by atoms with E-state index < -0.39 is 0 Å². The van der Waals surface area contributed by atoms with Crippen molar-refractivity contribution < 1.29 is 9.13 Å². The van der Waals surface area contributed by atoms with Crippen LogP contribution in [0.25, 0.3) is 0 Å². The van der Waals surface area contributed by atoms with E-state index >= 15 is 0 Å². The van der Waals surface area contributed by atoms with Gasteiger partial charge in [-0.3, -0.25) is 4.99 Å². The highest BCUT2D eigenvalue weighted by Crippen LogP contribution is 2.15. The van der Waals surface area contributed by atoms with Gasteiger partial charge in [0.15, 0.2) is 5.96 Å². The molecule has 0 aliphatic heterocycles. The Labute approximate surface area is 121 Å². The summed E-state index contributed by atoms with van der Waals surface area (Å²) in [6, 6.07) is 4.95. The standard InChI is InChI=1S/C13H19BrFN3O/c1-16-13(18-7-8-19-2)17-6-5-10-9-11(14)3-4-12(10)15/h3-4,9H,5-8H2,1-2H3,(H2,16,17,18). The van der Waals surface area contributed by atoms with Gasteiger partial charge in [-0.25, -0.2) is 4.39 Å². The SMILES string of the molecule is CN=C(NCCOC)NCCc1cc(Br)ccc1F. The number of rotatable bonds is 6. The van der Waals surface area contributed by atoms with Crippen LogP contribution in [0.15, 0.2) is 27.7 Å². The van der Waals surface area contributed by atoms with Gasteiger partial charge in [-0.1, -0.05) is 15.9 Å². The van der Waals surface area contributed by atoms with E-state index in [1.165, 1.54) is 6.07 Å². The van der Waals surface area contributed by atoms with E-state index in [2.05, 4.69) is 31.6 Å². The van der Waals surface area contributed by atoms with Crippen LogP contribution in [0.1, 0.15) is 5.56 Å². The second-order valence-corrected chi connectivity index (χ2v) is 4.82. The fourth-order valence-electron chi connectivity index (χ4n) is 1.54. The Morgan fingerprint density at radius 2 is 2.11 bits per heavy atom. The molecule has 0 amide bonds. The van der Waals surface area contributed by atoms with E-state index in [0.717, 1.165) is 4.47 Å².